The second kappa shape index (κ2) is 6.08. The van der Waals surface area contributed by atoms with Crippen molar-refractivity contribution in [3.8, 4) is 24.2 Å². The molecule has 0 aliphatic carbocycles. The lowest BCUT2D eigenvalue weighted by Gasteiger charge is -1.86. The summed E-state index contributed by atoms with van der Waals surface area (Å²) in [7, 11) is 0. The molecule has 8 heavy (non-hydrogen) atoms. The van der Waals surface area contributed by atoms with E-state index in [1.165, 1.54) is 0 Å². The van der Waals surface area contributed by atoms with E-state index < -0.39 is 0 Å². The molecule has 0 heterocycles. The maximum atomic E-state index is 4.95. The highest BCUT2D eigenvalue weighted by Crippen LogP contribution is 1.53. The average molecular weight is 107 g/mol. The number of hydrogen-bond donors (Lipinski definition) is 1. The van der Waals surface area contributed by atoms with E-state index >= 15 is 0 Å². The van der Waals surface area contributed by atoms with Gasteiger partial charge in [0, 0.05) is 0 Å². The summed E-state index contributed by atoms with van der Waals surface area (Å²) in [5.74, 6) is 8.02. The highest BCUT2D eigenvalue weighted by Gasteiger charge is 1.70. The monoisotopic (exact) mass is 107 g/mol. The summed E-state index contributed by atoms with van der Waals surface area (Å²) in [5, 5.41) is 2.93. The van der Waals surface area contributed by atoms with Gasteiger partial charge in [0.05, 0.1) is 13.1 Å². The molecule has 42 valence electrons. The Balaban J connectivity index is 2.93. The number of rotatable bonds is 2. The van der Waals surface area contributed by atoms with Gasteiger partial charge >= 0.3 is 0 Å². The molecule has 0 aromatic heterocycles. The molecule has 1 heteroatoms. The van der Waals surface area contributed by atoms with E-state index in [4.69, 9.17) is 6.42 Å². The van der Waals surface area contributed by atoms with Crippen LogP contribution in [0.4, 0.5) is 0 Å². The van der Waals surface area contributed by atoms with Crippen LogP contribution in [0.15, 0.2) is 0 Å². The van der Waals surface area contributed by atoms with Crippen LogP contribution in [0.2, 0.25) is 0 Å². The Hall–Kier alpha value is -0.920. The second-order valence-electron chi connectivity index (χ2n) is 1.23. The van der Waals surface area contributed by atoms with Gasteiger partial charge in [-0.3, -0.25) is 5.32 Å². The van der Waals surface area contributed by atoms with Crippen LogP contribution in [0.5, 0.6) is 0 Å². The molecular weight excluding hydrogens is 98.1 g/mol. The topological polar surface area (TPSA) is 12.0 Å². The van der Waals surface area contributed by atoms with Crippen LogP contribution in [0.3, 0.4) is 0 Å². The molecule has 0 saturated heterocycles. The van der Waals surface area contributed by atoms with E-state index in [1.54, 1.807) is 6.92 Å². The fourth-order valence-electron chi connectivity index (χ4n) is 0.286. The van der Waals surface area contributed by atoms with Crippen molar-refractivity contribution in [1.82, 2.24) is 5.32 Å². The van der Waals surface area contributed by atoms with Gasteiger partial charge in [0.1, 0.15) is 0 Å². The maximum absolute atomic E-state index is 4.95. The molecule has 0 aliphatic heterocycles. The van der Waals surface area contributed by atoms with Crippen molar-refractivity contribution in [2.75, 3.05) is 13.1 Å². The minimum absolute atomic E-state index is 0.606. The summed E-state index contributed by atoms with van der Waals surface area (Å²) >= 11 is 0. The summed E-state index contributed by atoms with van der Waals surface area (Å²) in [4.78, 5) is 0. The Morgan fingerprint density at radius 2 is 2.25 bits per heavy atom. The van der Waals surface area contributed by atoms with Crippen molar-refractivity contribution in [3.05, 3.63) is 0 Å². The predicted octanol–water partition coefficient (Wildman–Crippen LogP) is 0.233. The van der Waals surface area contributed by atoms with Crippen molar-refractivity contribution >= 4 is 0 Å². The van der Waals surface area contributed by atoms with E-state index in [-0.39, 0.29) is 0 Å². The van der Waals surface area contributed by atoms with Crippen molar-refractivity contribution in [1.29, 1.82) is 0 Å². The Morgan fingerprint density at radius 1 is 1.50 bits per heavy atom. The summed E-state index contributed by atoms with van der Waals surface area (Å²) in [6.45, 7) is 3.10. The lowest BCUT2D eigenvalue weighted by atomic mass is 10.5. The maximum Gasteiger partial charge on any atom is 0.0583 e. The molecule has 1 nitrogen and oxygen atoms in total. The highest BCUT2D eigenvalue weighted by molar-refractivity contribution is 4.98. The summed E-state index contributed by atoms with van der Waals surface area (Å²) in [6, 6.07) is 0. The third-order valence-corrected chi connectivity index (χ3v) is 0.617. The largest absolute Gasteiger partial charge is 0.295 e. The lowest BCUT2D eigenvalue weighted by Crippen LogP contribution is -2.13. The minimum Gasteiger partial charge on any atom is -0.295 e. The molecule has 0 rings (SSSR count). The van der Waals surface area contributed by atoms with Crippen LogP contribution in [0.1, 0.15) is 6.92 Å². The number of nitrogens with one attached hydrogen (secondary N) is 1. The first-order valence-corrected chi connectivity index (χ1v) is 2.45. The van der Waals surface area contributed by atoms with Crippen LogP contribution in [0, 0.1) is 24.2 Å². The van der Waals surface area contributed by atoms with Crippen LogP contribution < -0.4 is 5.32 Å². The van der Waals surface area contributed by atoms with Crippen LogP contribution >= 0.6 is 0 Å². The van der Waals surface area contributed by atoms with Gasteiger partial charge < -0.3 is 0 Å². The zero-order valence-electron chi connectivity index (χ0n) is 4.99. The molecule has 0 saturated carbocycles. The van der Waals surface area contributed by atoms with Gasteiger partial charge in [0.2, 0.25) is 0 Å². The van der Waals surface area contributed by atoms with Gasteiger partial charge in [-0.05, 0) is 6.92 Å². The molecule has 0 unspecified atom stereocenters. The summed E-state index contributed by atoms with van der Waals surface area (Å²) in [6.07, 6.45) is 4.95. The van der Waals surface area contributed by atoms with E-state index in [9.17, 15) is 0 Å². The molecule has 0 atom stereocenters. The normalized spacial score (nSPS) is 6.50. The third kappa shape index (κ3) is 5.08. The number of terminal acetylenes is 1. The molecule has 0 radical (unpaired) electrons. The first kappa shape index (κ1) is 7.08. The summed E-state index contributed by atoms with van der Waals surface area (Å²) < 4.78 is 0. The quantitative estimate of drug-likeness (QED) is 0.393. The number of hydrogen-bond acceptors (Lipinski definition) is 1. The average Bonchev–Trinajstić information content (AvgIpc) is 1.81. The van der Waals surface area contributed by atoms with Gasteiger partial charge in [0.25, 0.3) is 0 Å². The molecular formula is C7H9N. The van der Waals surface area contributed by atoms with E-state index in [0.29, 0.717) is 13.1 Å². The molecule has 0 aromatic carbocycles. The Labute approximate surface area is 50.5 Å². The van der Waals surface area contributed by atoms with Gasteiger partial charge in [-0.15, -0.1) is 12.3 Å². The van der Waals surface area contributed by atoms with Gasteiger partial charge in [0.15, 0.2) is 0 Å². The Morgan fingerprint density at radius 3 is 2.75 bits per heavy atom. The van der Waals surface area contributed by atoms with Gasteiger partial charge in [-0.2, -0.15) is 0 Å². The van der Waals surface area contributed by atoms with Crippen LogP contribution in [0.25, 0.3) is 0 Å². The molecule has 0 aliphatic rings. The zero-order valence-corrected chi connectivity index (χ0v) is 4.99. The predicted molar refractivity (Wildman–Crippen MR) is 35.2 cm³/mol. The van der Waals surface area contributed by atoms with E-state index in [2.05, 4.69) is 23.1 Å². The molecule has 0 amide bonds. The van der Waals surface area contributed by atoms with Crippen molar-refractivity contribution < 1.29 is 0 Å². The fraction of sp³-hybridized carbons (Fsp3) is 0.429. The van der Waals surface area contributed by atoms with E-state index in [1.807, 2.05) is 0 Å². The standard InChI is InChI=1S/C7H9N/c1-3-5-7-8-6-4-2/h2,8H,6-7H2,1H3. The smallest absolute Gasteiger partial charge is 0.0583 e. The minimum atomic E-state index is 0.606. The van der Waals surface area contributed by atoms with Crippen molar-refractivity contribution in [3.63, 3.8) is 0 Å². The summed E-state index contributed by atoms with van der Waals surface area (Å²) in [5.41, 5.74) is 0. The molecule has 1 N–H and O–H groups in total. The van der Waals surface area contributed by atoms with Crippen LogP contribution in [-0.4, -0.2) is 13.1 Å². The van der Waals surface area contributed by atoms with Crippen molar-refractivity contribution in [2.24, 2.45) is 0 Å². The molecule has 0 fully saturated rings. The molecule has 0 spiro atoms. The Bertz CT molecular complexity index is 131. The van der Waals surface area contributed by atoms with Crippen molar-refractivity contribution in [2.45, 2.75) is 6.92 Å². The molecule has 0 bridgehead atoms. The second-order valence-corrected chi connectivity index (χ2v) is 1.23. The van der Waals surface area contributed by atoms with E-state index in [0.717, 1.165) is 0 Å². The van der Waals surface area contributed by atoms with Gasteiger partial charge in [-0.25, -0.2) is 0 Å². The zero-order chi connectivity index (χ0) is 6.24. The van der Waals surface area contributed by atoms with Gasteiger partial charge in [-0.1, -0.05) is 11.8 Å². The first-order valence-electron chi connectivity index (χ1n) is 2.45. The molecule has 0 aromatic rings. The SMILES string of the molecule is C#CCNCC#CC. The third-order valence-electron chi connectivity index (χ3n) is 0.617. The highest BCUT2D eigenvalue weighted by atomic mass is 14.8. The van der Waals surface area contributed by atoms with Crippen LogP contribution in [-0.2, 0) is 0 Å². The first-order chi connectivity index (χ1) is 3.91. The lowest BCUT2D eigenvalue weighted by molar-refractivity contribution is 0.872. The fourth-order valence-corrected chi connectivity index (χ4v) is 0.286. The Kier molecular flexibility index (Phi) is 5.38.